The molecule has 1 unspecified atom stereocenters. The molecule has 0 radical (unpaired) electrons. The molecule has 0 saturated carbocycles. The Morgan fingerprint density at radius 1 is 1.35 bits per heavy atom. The first-order chi connectivity index (χ1) is 11.1. The lowest BCUT2D eigenvalue weighted by atomic mass is 10.2. The molecule has 1 aromatic rings. The van der Waals surface area contributed by atoms with Crippen molar-refractivity contribution in [3.8, 4) is 0 Å². The van der Waals surface area contributed by atoms with Gasteiger partial charge in [0.2, 0.25) is 0 Å². The average Bonchev–Trinajstić information content (AvgIpc) is 2.94. The van der Waals surface area contributed by atoms with Crippen LogP contribution in [-0.4, -0.2) is 55.6 Å². The quantitative estimate of drug-likeness (QED) is 0.556. The van der Waals surface area contributed by atoms with Gasteiger partial charge < -0.3 is 14.2 Å². The third kappa shape index (κ3) is 4.47. The molecule has 0 fully saturated rings. The normalized spacial score (nSPS) is 17.5. The summed E-state index contributed by atoms with van der Waals surface area (Å²) in [6.07, 6.45) is 0. The maximum atomic E-state index is 13.9. The largest absolute Gasteiger partial charge is 0.375 e. The first kappa shape index (κ1) is 17.8. The van der Waals surface area contributed by atoms with Gasteiger partial charge in [0.25, 0.3) is 5.91 Å². The van der Waals surface area contributed by atoms with Crippen molar-refractivity contribution in [1.82, 2.24) is 5.01 Å². The Labute approximate surface area is 136 Å². The van der Waals surface area contributed by atoms with Crippen LogP contribution in [0.5, 0.6) is 0 Å². The van der Waals surface area contributed by atoms with Crippen LogP contribution in [0.15, 0.2) is 23.3 Å². The zero-order chi connectivity index (χ0) is 16.8. The molecule has 0 bridgehead atoms. The number of hydrogen-bond acceptors (Lipinski definition) is 6. The number of rotatable bonds is 7. The van der Waals surface area contributed by atoms with Gasteiger partial charge in [-0.05, 0) is 18.2 Å². The molecular formula is C14H16F2N2O4S. The zero-order valence-corrected chi connectivity index (χ0v) is 13.4. The van der Waals surface area contributed by atoms with Crippen LogP contribution in [-0.2, 0) is 19.0 Å². The highest BCUT2D eigenvalue weighted by Gasteiger charge is 2.33. The summed E-state index contributed by atoms with van der Waals surface area (Å²) in [6, 6.07) is 3.08. The molecule has 1 aliphatic heterocycles. The summed E-state index contributed by atoms with van der Waals surface area (Å²) >= 11 is 1.11. The van der Waals surface area contributed by atoms with Crippen LogP contribution in [0.25, 0.3) is 0 Å². The van der Waals surface area contributed by atoms with Crippen LogP contribution in [0.3, 0.4) is 0 Å². The average molecular weight is 346 g/mol. The number of nitrogens with zero attached hydrogens (tertiary/aromatic N) is 2. The molecule has 0 N–H and O–H groups in total. The Hall–Kier alpha value is -1.55. The van der Waals surface area contributed by atoms with Crippen LogP contribution < -0.4 is 0 Å². The molecule has 0 aliphatic carbocycles. The van der Waals surface area contributed by atoms with E-state index in [1.54, 1.807) is 0 Å². The van der Waals surface area contributed by atoms with Crippen molar-refractivity contribution in [3.63, 3.8) is 0 Å². The number of halogens is 2. The molecule has 0 saturated heterocycles. The van der Waals surface area contributed by atoms with E-state index in [2.05, 4.69) is 5.10 Å². The highest BCUT2D eigenvalue weighted by Crippen LogP contribution is 2.31. The minimum Gasteiger partial charge on any atom is -0.375 e. The maximum Gasteiger partial charge on any atom is 0.269 e. The number of methoxy groups -OCH3 is 2. The molecule has 0 spiro atoms. The first-order valence-corrected chi connectivity index (χ1v) is 7.53. The van der Waals surface area contributed by atoms with Crippen molar-refractivity contribution in [3.05, 3.63) is 35.4 Å². The molecule has 23 heavy (non-hydrogen) atoms. The Morgan fingerprint density at radius 3 is 2.83 bits per heavy atom. The second-order valence-electron chi connectivity index (χ2n) is 4.55. The van der Waals surface area contributed by atoms with E-state index in [0.717, 1.165) is 35.0 Å². The number of carbonyl (C=O) groups is 1. The predicted molar refractivity (Wildman–Crippen MR) is 80.8 cm³/mol. The molecular weight excluding hydrogens is 330 g/mol. The zero-order valence-electron chi connectivity index (χ0n) is 12.6. The summed E-state index contributed by atoms with van der Waals surface area (Å²) in [5.41, 5.74) is -0.000502. The van der Waals surface area contributed by atoms with E-state index >= 15 is 0 Å². The summed E-state index contributed by atoms with van der Waals surface area (Å²) in [5.74, 6) is -1.60. The van der Waals surface area contributed by atoms with Crippen LogP contribution in [0.1, 0.15) is 5.56 Å². The van der Waals surface area contributed by atoms with Gasteiger partial charge in [-0.25, -0.2) is 13.8 Å². The Morgan fingerprint density at radius 2 is 2.13 bits per heavy atom. The van der Waals surface area contributed by atoms with Gasteiger partial charge in [0.1, 0.15) is 35.5 Å². The summed E-state index contributed by atoms with van der Waals surface area (Å²) in [4.78, 5) is 12.0. The monoisotopic (exact) mass is 346 g/mol. The number of carbonyl (C=O) groups excluding carboxylic acids is 1. The fourth-order valence-corrected chi connectivity index (χ4v) is 2.99. The minimum atomic E-state index is -0.616. The summed E-state index contributed by atoms with van der Waals surface area (Å²) in [7, 11) is 2.86. The molecule has 1 amide bonds. The Bertz CT molecular complexity index is 600. The van der Waals surface area contributed by atoms with Crippen LogP contribution in [0, 0.1) is 11.6 Å². The van der Waals surface area contributed by atoms with E-state index in [-0.39, 0.29) is 30.6 Å². The standard InChI is InChI=1S/C14H16F2N2O4S/c1-20-6-12(19)18-13(7-22-8-21-2)23-14(17-18)10-5-9(15)3-4-11(10)16/h3-5,13H,6-8H2,1-2H3. The molecule has 126 valence electrons. The van der Waals surface area contributed by atoms with Gasteiger partial charge in [0.15, 0.2) is 0 Å². The van der Waals surface area contributed by atoms with Gasteiger partial charge in [0, 0.05) is 19.8 Å². The van der Waals surface area contributed by atoms with E-state index < -0.39 is 22.9 Å². The van der Waals surface area contributed by atoms with E-state index in [4.69, 9.17) is 14.2 Å². The number of ether oxygens (including phenoxy) is 3. The van der Waals surface area contributed by atoms with Gasteiger partial charge in [-0.15, -0.1) is 0 Å². The second-order valence-corrected chi connectivity index (χ2v) is 5.72. The molecule has 1 aromatic carbocycles. The SMILES string of the molecule is COCOCC1SC(c2cc(F)ccc2F)=NN1C(=O)COC. The van der Waals surface area contributed by atoms with Crippen molar-refractivity contribution < 1.29 is 27.8 Å². The predicted octanol–water partition coefficient (Wildman–Crippen LogP) is 1.79. The molecule has 1 atom stereocenters. The lowest BCUT2D eigenvalue weighted by Crippen LogP contribution is -2.36. The van der Waals surface area contributed by atoms with Gasteiger partial charge in [-0.3, -0.25) is 4.79 Å². The molecule has 1 heterocycles. The van der Waals surface area contributed by atoms with E-state index in [1.165, 1.54) is 14.2 Å². The summed E-state index contributed by atoms with van der Waals surface area (Å²) in [5, 5.41) is 4.95. The van der Waals surface area contributed by atoms with Crippen molar-refractivity contribution >= 4 is 22.7 Å². The van der Waals surface area contributed by atoms with Crippen LogP contribution in [0.4, 0.5) is 8.78 Å². The third-order valence-corrected chi connectivity index (χ3v) is 4.00. The van der Waals surface area contributed by atoms with E-state index in [1.807, 2.05) is 0 Å². The third-order valence-electron chi connectivity index (χ3n) is 2.86. The molecule has 0 aromatic heterocycles. The van der Waals surface area contributed by atoms with Gasteiger partial charge in [-0.1, -0.05) is 11.8 Å². The number of hydrazone groups is 1. The topological polar surface area (TPSA) is 60.4 Å². The number of benzene rings is 1. The second kappa shape index (κ2) is 8.34. The number of hydrogen-bond donors (Lipinski definition) is 0. The lowest BCUT2D eigenvalue weighted by molar-refractivity contribution is -0.137. The van der Waals surface area contributed by atoms with Gasteiger partial charge >= 0.3 is 0 Å². The fourth-order valence-electron chi connectivity index (χ4n) is 1.89. The maximum absolute atomic E-state index is 13.9. The fraction of sp³-hybridized carbons (Fsp3) is 0.429. The molecule has 2 rings (SSSR count). The van der Waals surface area contributed by atoms with Gasteiger partial charge in [-0.2, -0.15) is 5.10 Å². The minimum absolute atomic E-state index is 0.000502. The smallest absolute Gasteiger partial charge is 0.269 e. The Balaban J connectivity index is 2.21. The highest BCUT2D eigenvalue weighted by atomic mass is 32.2. The molecule has 9 heteroatoms. The van der Waals surface area contributed by atoms with E-state index in [0.29, 0.717) is 0 Å². The Kier molecular flexibility index (Phi) is 6.46. The van der Waals surface area contributed by atoms with Crippen LogP contribution in [0.2, 0.25) is 0 Å². The lowest BCUT2D eigenvalue weighted by Gasteiger charge is -2.20. The van der Waals surface area contributed by atoms with Crippen molar-refractivity contribution in [2.45, 2.75) is 5.37 Å². The van der Waals surface area contributed by atoms with Crippen molar-refractivity contribution in [2.24, 2.45) is 5.10 Å². The van der Waals surface area contributed by atoms with Crippen molar-refractivity contribution in [2.75, 3.05) is 34.2 Å². The summed E-state index contributed by atoms with van der Waals surface area (Å²) in [6.45, 7) is -0.00528. The van der Waals surface area contributed by atoms with Crippen LogP contribution >= 0.6 is 11.8 Å². The summed E-state index contributed by atoms with van der Waals surface area (Å²) < 4.78 is 42.1. The number of amides is 1. The van der Waals surface area contributed by atoms with Gasteiger partial charge in [0.05, 0.1) is 6.61 Å². The number of thioether (sulfide) groups is 1. The van der Waals surface area contributed by atoms with Crippen molar-refractivity contribution in [1.29, 1.82) is 0 Å². The molecule has 6 nitrogen and oxygen atoms in total. The first-order valence-electron chi connectivity index (χ1n) is 6.65. The highest BCUT2D eigenvalue weighted by molar-refractivity contribution is 8.15. The molecule has 1 aliphatic rings. The van der Waals surface area contributed by atoms with E-state index in [9.17, 15) is 13.6 Å².